The molecule has 2 atom stereocenters. The molecule has 0 aliphatic carbocycles. The third kappa shape index (κ3) is 5.26. The number of rotatable bonds is 8. The first-order chi connectivity index (χ1) is 12.0. The van der Waals surface area contributed by atoms with Crippen molar-refractivity contribution in [1.29, 1.82) is 0 Å². The van der Waals surface area contributed by atoms with Crippen molar-refractivity contribution in [2.45, 2.75) is 37.3 Å². The molecule has 0 saturated carbocycles. The summed E-state index contributed by atoms with van der Waals surface area (Å²) < 4.78 is 10.6. The molecule has 136 valence electrons. The average Bonchev–Trinajstić information content (AvgIpc) is 2.62. The molecule has 0 aromatic heterocycles. The van der Waals surface area contributed by atoms with Crippen LogP contribution in [0.3, 0.4) is 0 Å². The zero-order chi connectivity index (χ0) is 18.4. The summed E-state index contributed by atoms with van der Waals surface area (Å²) in [7, 11) is 3.44. The van der Waals surface area contributed by atoms with Gasteiger partial charge in [0.2, 0.25) is 0 Å². The fourth-order valence-corrected chi connectivity index (χ4v) is 6.29. The third-order valence-corrected chi connectivity index (χ3v) is 9.05. The molecule has 2 aromatic rings. The van der Waals surface area contributed by atoms with Crippen molar-refractivity contribution >= 4 is 15.0 Å². The van der Waals surface area contributed by atoms with Gasteiger partial charge in [-0.05, 0) is 0 Å². The number of benzene rings is 2. The molecular formula is C22H30O2Se. The summed E-state index contributed by atoms with van der Waals surface area (Å²) >= 11 is 0.464. The topological polar surface area (TPSA) is 18.5 Å². The third-order valence-electron chi connectivity index (χ3n) is 4.39. The van der Waals surface area contributed by atoms with E-state index >= 15 is 0 Å². The van der Waals surface area contributed by atoms with Gasteiger partial charge in [-0.1, -0.05) is 0 Å². The Labute approximate surface area is 159 Å². The fraction of sp³-hybridized carbons (Fsp3) is 0.455. The van der Waals surface area contributed by atoms with E-state index in [2.05, 4.69) is 76.2 Å². The summed E-state index contributed by atoms with van der Waals surface area (Å²) in [6.07, 6.45) is 0. The van der Waals surface area contributed by atoms with Gasteiger partial charge in [0.05, 0.1) is 0 Å². The molecule has 0 fully saturated rings. The Hall–Kier alpha value is -1.44. The van der Waals surface area contributed by atoms with Gasteiger partial charge in [0.1, 0.15) is 0 Å². The molecule has 0 N–H and O–H groups in total. The van der Waals surface area contributed by atoms with Gasteiger partial charge >= 0.3 is 159 Å². The molecule has 0 spiro atoms. The van der Waals surface area contributed by atoms with E-state index in [1.54, 1.807) is 14.2 Å². The summed E-state index contributed by atoms with van der Waals surface area (Å²) in [6, 6.07) is 17.3. The van der Waals surface area contributed by atoms with Gasteiger partial charge < -0.3 is 0 Å². The van der Waals surface area contributed by atoms with Gasteiger partial charge in [-0.25, -0.2) is 0 Å². The Morgan fingerprint density at radius 1 is 0.600 bits per heavy atom. The first-order valence-corrected chi connectivity index (χ1v) is 10.9. The minimum absolute atomic E-state index is 0.464. The van der Waals surface area contributed by atoms with Crippen LogP contribution in [0.15, 0.2) is 48.5 Å². The summed E-state index contributed by atoms with van der Waals surface area (Å²) in [5.41, 5.74) is 2.85. The fourth-order valence-electron chi connectivity index (χ4n) is 2.99. The van der Waals surface area contributed by atoms with Gasteiger partial charge in [-0.2, -0.15) is 0 Å². The van der Waals surface area contributed by atoms with E-state index in [0.29, 0.717) is 36.4 Å². The first kappa shape index (κ1) is 19.9. The molecule has 0 aliphatic rings. The van der Waals surface area contributed by atoms with Crippen LogP contribution in [0.25, 0.3) is 0 Å². The van der Waals surface area contributed by atoms with Crippen LogP contribution in [0.4, 0.5) is 0 Å². The SMILES string of the molecule is COc1ccc(C([Se]C(c2ccc(OC)cc2)C(C)C)C(C)C)cc1. The normalized spacial score (nSPS) is 13.8. The van der Waals surface area contributed by atoms with Crippen LogP contribution in [0.5, 0.6) is 11.5 Å². The molecule has 2 aromatic carbocycles. The van der Waals surface area contributed by atoms with E-state index in [1.165, 1.54) is 11.1 Å². The molecule has 0 bridgehead atoms. The Kier molecular flexibility index (Phi) is 7.40. The van der Waals surface area contributed by atoms with Crippen LogP contribution >= 0.6 is 0 Å². The Morgan fingerprint density at radius 3 is 1.16 bits per heavy atom. The number of hydrogen-bond donors (Lipinski definition) is 0. The Bertz CT molecular complexity index is 575. The molecule has 0 saturated heterocycles. The van der Waals surface area contributed by atoms with E-state index < -0.39 is 0 Å². The van der Waals surface area contributed by atoms with Crippen LogP contribution in [-0.4, -0.2) is 29.2 Å². The van der Waals surface area contributed by atoms with Crippen molar-refractivity contribution in [3.05, 3.63) is 59.7 Å². The minimum atomic E-state index is 0.464. The maximum atomic E-state index is 5.31. The second-order valence-electron chi connectivity index (χ2n) is 7.01. The van der Waals surface area contributed by atoms with Crippen LogP contribution in [0, 0.1) is 11.8 Å². The molecule has 0 aliphatic heterocycles. The predicted molar refractivity (Wildman–Crippen MR) is 107 cm³/mol. The van der Waals surface area contributed by atoms with Gasteiger partial charge in [-0.3, -0.25) is 0 Å². The monoisotopic (exact) mass is 406 g/mol. The first-order valence-electron chi connectivity index (χ1n) is 8.89. The van der Waals surface area contributed by atoms with E-state index in [1.807, 2.05) is 0 Å². The maximum absolute atomic E-state index is 5.31. The molecule has 0 radical (unpaired) electrons. The number of methoxy groups -OCH3 is 2. The van der Waals surface area contributed by atoms with Crippen molar-refractivity contribution in [2.75, 3.05) is 14.2 Å². The molecular weight excluding hydrogens is 375 g/mol. The number of hydrogen-bond acceptors (Lipinski definition) is 2. The zero-order valence-corrected chi connectivity index (χ0v) is 17.9. The van der Waals surface area contributed by atoms with Crippen LogP contribution < -0.4 is 9.47 Å². The second kappa shape index (κ2) is 9.31. The molecule has 0 amide bonds. The number of ether oxygens (including phenoxy) is 2. The molecule has 25 heavy (non-hydrogen) atoms. The average molecular weight is 405 g/mol. The van der Waals surface area contributed by atoms with Gasteiger partial charge in [0.25, 0.3) is 0 Å². The van der Waals surface area contributed by atoms with E-state index in [9.17, 15) is 0 Å². The summed E-state index contributed by atoms with van der Waals surface area (Å²) in [4.78, 5) is 1.18. The van der Waals surface area contributed by atoms with E-state index in [-0.39, 0.29) is 0 Å². The van der Waals surface area contributed by atoms with Crippen molar-refractivity contribution in [3.8, 4) is 11.5 Å². The van der Waals surface area contributed by atoms with Crippen molar-refractivity contribution in [1.82, 2.24) is 0 Å². The van der Waals surface area contributed by atoms with Crippen LogP contribution in [0.2, 0.25) is 0 Å². The molecule has 2 nitrogen and oxygen atoms in total. The molecule has 3 heteroatoms. The van der Waals surface area contributed by atoms with Gasteiger partial charge in [0, 0.05) is 0 Å². The summed E-state index contributed by atoms with van der Waals surface area (Å²) in [5, 5.41) is 0. The zero-order valence-electron chi connectivity index (χ0n) is 16.2. The van der Waals surface area contributed by atoms with Gasteiger partial charge in [0.15, 0.2) is 0 Å². The van der Waals surface area contributed by atoms with Gasteiger partial charge in [-0.15, -0.1) is 0 Å². The molecule has 0 heterocycles. The molecule has 2 unspecified atom stereocenters. The summed E-state index contributed by atoms with van der Waals surface area (Å²) in [6.45, 7) is 9.34. The van der Waals surface area contributed by atoms with Crippen molar-refractivity contribution < 1.29 is 9.47 Å². The van der Waals surface area contributed by atoms with E-state index in [0.717, 1.165) is 11.5 Å². The standard InChI is InChI=1S/C22H30O2Se/c1-15(2)21(17-7-11-19(23-5)12-8-17)25-22(16(3)4)18-9-13-20(24-6)14-10-18/h7-16,21-22H,1-6H3. The van der Waals surface area contributed by atoms with Crippen LogP contribution in [0.1, 0.15) is 48.5 Å². The second-order valence-corrected chi connectivity index (χ2v) is 9.71. The predicted octanol–water partition coefficient (Wildman–Crippen LogP) is 5.50. The van der Waals surface area contributed by atoms with Crippen LogP contribution in [-0.2, 0) is 0 Å². The van der Waals surface area contributed by atoms with Crippen molar-refractivity contribution in [3.63, 3.8) is 0 Å². The quantitative estimate of drug-likeness (QED) is 0.540. The summed E-state index contributed by atoms with van der Waals surface area (Å²) in [5.74, 6) is 3.09. The van der Waals surface area contributed by atoms with Crippen molar-refractivity contribution in [2.24, 2.45) is 11.8 Å². The Balaban J connectivity index is 2.26. The molecule has 2 rings (SSSR count). The van der Waals surface area contributed by atoms with E-state index in [4.69, 9.17) is 9.47 Å². The Morgan fingerprint density at radius 2 is 0.920 bits per heavy atom.